The third kappa shape index (κ3) is 6.53. The molecule has 0 spiro atoms. The van der Waals surface area contributed by atoms with Crippen molar-refractivity contribution in [2.24, 2.45) is 5.73 Å². The van der Waals surface area contributed by atoms with Crippen molar-refractivity contribution in [1.29, 1.82) is 0 Å². The van der Waals surface area contributed by atoms with E-state index in [-0.39, 0.29) is 41.1 Å². The van der Waals surface area contributed by atoms with E-state index < -0.39 is 11.9 Å². The van der Waals surface area contributed by atoms with Crippen LogP contribution in [0, 0.1) is 6.92 Å². The van der Waals surface area contributed by atoms with Crippen molar-refractivity contribution in [2.75, 3.05) is 32.2 Å². The number of hydrogen-bond donors (Lipinski definition) is 3. The number of benzene rings is 1. The highest BCUT2D eigenvalue weighted by Gasteiger charge is 2.26. The van der Waals surface area contributed by atoms with Gasteiger partial charge in [-0.1, -0.05) is 23.7 Å². The lowest BCUT2D eigenvalue weighted by atomic mass is 10.1. The van der Waals surface area contributed by atoms with Gasteiger partial charge in [-0.25, -0.2) is 4.79 Å². The number of hydrogen-bond acceptors (Lipinski definition) is 6. The Bertz CT molecular complexity index is 883. The number of amides is 2. The van der Waals surface area contributed by atoms with Gasteiger partial charge in [-0.05, 0) is 24.6 Å². The maximum atomic E-state index is 12.4. The molecule has 0 radical (unpaired) electrons. The number of thiophene rings is 1. The predicted octanol–water partition coefficient (Wildman–Crippen LogP) is 1.31. The highest BCUT2D eigenvalue weighted by molar-refractivity contribution is 7.18. The number of primary amides is 1. The molecule has 2 amide bonds. The maximum Gasteiger partial charge on any atom is 0.341 e. The van der Waals surface area contributed by atoms with Gasteiger partial charge in [-0.3, -0.25) is 9.59 Å². The number of ether oxygens (including phenoxy) is 2. The second kappa shape index (κ2) is 10.9. The Morgan fingerprint density at radius 2 is 1.90 bits per heavy atom. The molecule has 0 aliphatic rings. The van der Waals surface area contributed by atoms with Gasteiger partial charge in [-0.2, -0.15) is 0 Å². The SMILES string of the molecule is COCCOC(=O)c1c(NC(=O)C[NH2+]Cc2ccc(Cl)cc2)sc(C(N)=O)c1C. The quantitative estimate of drug-likeness (QED) is 0.379. The number of halogens is 1. The van der Waals surface area contributed by atoms with Gasteiger partial charge < -0.3 is 25.8 Å². The molecule has 29 heavy (non-hydrogen) atoms. The molecule has 0 saturated heterocycles. The molecule has 1 aromatic heterocycles. The zero-order valence-corrected chi connectivity index (χ0v) is 17.7. The van der Waals surface area contributed by atoms with Crippen LogP contribution in [0.25, 0.3) is 0 Å². The summed E-state index contributed by atoms with van der Waals surface area (Å²) in [5, 5.41) is 5.38. The minimum Gasteiger partial charge on any atom is -0.460 e. The summed E-state index contributed by atoms with van der Waals surface area (Å²) in [6.45, 7) is 2.60. The summed E-state index contributed by atoms with van der Waals surface area (Å²) >= 11 is 6.81. The fraction of sp³-hybridized carbons (Fsp3) is 0.316. The van der Waals surface area contributed by atoms with Crippen molar-refractivity contribution in [2.45, 2.75) is 13.5 Å². The van der Waals surface area contributed by atoms with Crippen LogP contribution in [0.3, 0.4) is 0 Å². The van der Waals surface area contributed by atoms with Crippen LogP contribution in [0.5, 0.6) is 0 Å². The van der Waals surface area contributed by atoms with Crippen molar-refractivity contribution in [1.82, 2.24) is 0 Å². The molecule has 8 nitrogen and oxygen atoms in total. The molecule has 0 aliphatic heterocycles. The van der Waals surface area contributed by atoms with E-state index in [4.69, 9.17) is 26.8 Å². The highest BCUT2D eigenvalue weighted by atomic mass is 35.5. The van der Waals surface area contributed by atoms with E-state index in [1.54, 1.807) is 19.1 Å². The predicted molar refractivity (Wildman–Crippen MR) is 110 cm³/mol. The van der Waals surface area contributed by atoms with Crippen LogP contribution >= 0.6 is 22.9 Å². The Hall–Kier alpha value is -2.46. The molecule has 2 aromatic rings. The van der Waals surface area contributed by atoms with Crippen LogP contribution in [0.4, 0.5) is 5.00 Å². The van der Waals surface area contributed by atoms with Crippen LogP contribution in [0.15, 0.2) is 24.3 Å². The second-order valence-corrected chi connectivity index (χ2v) is 7.58. The molecule has 5 N–H and O–H groups in total. The summed E-state index contributed by atoms with van der Waals surface area (Å²) in [6, 6.07) is 7.33. The summed E-state index contributed by atoms with van der Waals surface area (Å²) < 4.78 is 9.99. The van der Waals surface area contributed by atoms with Crippen molar-refractivity contribution in [3.8, 4) is 0 Å². The number of nitrogens with two attached hydrogens (primary N) is 2. The lowest BCUT2D eigenvalue weighted by Gasteiger charge is -2.08. The summed E-state index contributed by atoms with van der Waals surface area (Å²) in [6.07, 6.45) is 0. The Morgan fingerprint density at radius 3 is 2.52 bits per heavy atom. The largest absolute Gasteiger partial charge is 0.460 e. The van der Waals surface area contributed by atoms with Gasteiger partial charge in [0.15, 0.2) is 6.54 Å². The molecule has 0 bridgehead atoms. The lowest BCUT2D eigenvalue weighted by Crippen LogP contribution is -2.84. The van der Waals surface area contributed by atoms with Gasteiger partial charge in [-0.15, -0.1) is 11.3 Å². The number of carbonyl (C=O) groups is 3. The van der Waals surface area contributed by atoms with Crippen LogP contribution in [0.1, 0.15) is 31.2 Å². The third-order valence-corrected chi connectivity index (χ3v) is 5.45. The van der Waals surface area contributed by atoms with E-state index in [0.29, 0.717) is 17.1 Å². The molecule has 1 heterocycles. The Kier molecular flexibility index (Phi) is 8.59. The molecule has 0 unspecified atom stereocenters. The van der Waals surface area contributed by atoms with Crippen molar-refractivity contribution in [3.63, 3.8) is 0 Å². The Balaban J connectivity index is 2.04. The maximum absolute atomic E-state index is 12.4. The molecule has 0 atom stereocenters. The monoisotopic (exact) mass is 440 g/mol. The first-order valence-corrected chi connectivity index (χ1v) is 9.98. The number of quaternary nitrogens is 1. The summed E-state index contributed by atoms with van der Waals surface area (Å²) in [7, 11) is 1.49. The zero-order valence-electron chi connectivity index (χ0n) is 16.1. The summed E-state index contributed by atoms with van der Waals surface area (Å²) in [5.74, 6) is -1.64. The fourth-order valence-corrected chi connectivity index (χ4v) is 3.73. The standard InChI is InChI=1S/C19H22ClN3O5S/c1-11-15(19(26)28-8-7-27-2)18(29-16(11)17(21)25)23-14(24)10-22-9-12-3-5-13(20)6-4-12/h3-6,22H,7-10H2,1-2H3,(H2,21,25)(H,23,24)/p+1. The number of esters is 1. The first-order chi connectivity index (χ1) is 13.8. The van der Waals surface area contributed by atoms with E-state index in [1.165, 1.54) is 7.11 Å². The third-order valence-electron chi connectivity index (χ3n) is 3.97. The molecular weight excluding hydrogens is 418 g/mol. The number of carbonyl (C=O) groups excluding carboxylic acids is 3. The average Bonchev–Trinajstić information content (AvgIpc) is 2.99. The minimum atomic E-state index is -0.673. The van der Waals surface area contributed by atoms with Crippen LogP contribution < -0.4 is 16.4 Å². The van der Waals surface area contributed by atoms with Crippen molar-refractivity contribution >= 4 is 45.7 Å². The topological polar surface area (TPSA) is 124 Å². The van der Waals surface area contributed by atoms with Gasteiger partial charge in [0.25, 0.3) is 11.8 Å². The second-order valence-electron chi connectivity index (χ2n) is 6.12. The van der Waals surface area contributed by atoms with Crippen molar-refractivity contribution < 1.29 is 29.2 Å². The lowest BCUT2D eigenvalue weighted by molar-refractivity contribution is -0.659. The number of nitrogens with one attached hydrogen (secondary N) is 1. The van der Waals surface area contributed by atoms with Gasteiger partial charge in [0.05, 0.1) is 17.0 Å². The van der Waals surface area contributed by atoms with Crippen molar-refractivity contribution in [3.05, 3.63) is 50.9 Å². The Morgan fingerprint density at radius 1 is 1.21 bits per heavy atom. The number of rotatable bonds is 10. The summed E-state index contributed by atoms with van der Waals surface area (Å²) in [5.41, 5.74) is 6.91. The van der Waals surface area contributed by atoms with E-state index in [2.05, 4.69) is 5.32 Å². The van der Waals surface area contributed by atoms with E-state index in [9.17, 15) is 14.4 Å². The zero-order chi connectivity index (χ0) is 21.4. The molecule has 1 aromatic carbocycles. The molecule has 2 rings (SSSR count). The molecule has 0 saturated carbocycles. The van der Waals surface area contributed by atoms with Gasteiger partial charge in [0, 0.05) is 17.7 Å². The number of methoxy groups -OCH3 is 1. The highest BCUT2D eigenvalue weighted by Crippen LogP contribution is 2.33. The van der Waals surface area contributed by atoms with E-state index in [0.717, 1.165) is 16.9 Å². The first-order valence-electron chi connectivity index (χ1n) is 8.78. The van der Waals surface area contributed by atoms with Gasteiger partial charge in [0.2, 0.25) is 0 Å². The average molecular weight is 441 g/mol. The van der Waals surface area contributed by atoms with Gasteiger partial charge in [0.1, 0.15) is 18.2 Å². The smallest absolute Gasteiger partial charge is 0.341 e. The molecule has 0 aliphatic carbocycles. The minimum absolute atomic E-state index is 0.0543. The normalized spacial score (nSPS) is 10.6. The summed E-state index contributed by atoms with van der Waals surface area (Å²) in [4.78, 5) is 36.6. The molecular formula is C19H23ClN3O5S+. The van der Waals surface area contributed by atoms with Crippen LogP contribution in [0.2, 0.25) is 5.02 Å². The number of anilines is 1. The molecule has 0 fully saturated rings. The fourth-order valence-electron chi connectivity index (χ4n) is 2.54. The van der Waals surface area contributed by atoms with E-state index >= 15 is 0 Å². The van der Waals surface area contributed by atoms with Gasteiger partial charge >= 0.3 is 5.97 Å². The molecule has 156 valence electrons. The van der Waals surface area contributed by atoms with Crippen LogP contribution in [-0.2, 0) is 20.8 Å². The van der Waals surface area contributed by atoms with E-state index in [1.807, 2.05) is 17.4 Å². The Labute approximate surface area is 177 Å². The molecule has 10 heteroatoms. The first kappa shape index (κ1) is 22.8. The van der Waals surface area contributed by atoms with Crippen LogP contribution in [-0.4, -0.2) is 44.7 Å².